The number of amides is 1. The summed E-state index contributed by atoms with van der Waals surface area (Å²) in [6.07, 6.45) is 3.58. The standard InChI is InChI=1S/C17H23N3O3S/c1-11(14-10-13(22-4)6-7-15(14)23-5)19-16(21)12(2)24-17-18-8-9-20(17)3/h6-12H,1-5H3,(H,19,21)/t11-,12+/m0/s1. The van der Waals surface area contributed by atoms with E-state index in [1.54, 1.807) is 20.4 Å². The molecule has 2 rings (SSSR count). The van der Waals surface area contributed by atoms with Crippen molar-refractivity contribution >= 4 is 17.7 Å². The zero-order valence-corrected chi connectivity index (χ0v) is 15.4. The number of methoxy groups -OCH3 is 2. The normalized spacial score (nSPS) is 13.2. The van der Waals surface area contributed by atoms with E-state index in [0.29, 0.717) is 5.75 Å². The number of hydrogen-bond acceptors (Lipinski definition) is 5. The van der Waals surface area contributed by atoms with Gasteiger partial charge in [0.05, 0.1) is 25.5 Å². The summed E-state index contributed by atoms with van der Waals surface area (Å²) in [5.74, 6) is 1.38. The van der Waals surface area contributed by atoms with Gasteiger partial charge in [-0.15, -0.1) is 0 Å². The monoisotopic (exact) mass is 349 g/mol. The van der Waals surface area contributed by atoms with Crippen molar-refractivity contribution < 1.29 is 14.3 Å². The second-order valence-corrected chi connectivity index (χ2v) is 6.73. The summed E-state index contributed by atoms with van der Waals surface area (Å²) in [6, 6.07) is 5.34. The zero-order valence-electron chi connectivity index (χ0n) is 14.6. The van der Waals surface area contributed by atoms with Crippen LogP contribution in [0, 0.1) is 0 Å². The Hall–Kier alpha value is -2.15. The van der Waals surface area contributed by atoms with Gasteiger partial charge in [-0.2, -0.15) is 0 Å². The molecule has 0 aliphatic carbocycles. The van der Waals surface area contributed by atoms with Gasteiger partial charge in [0.25, 0.3) is 0 Å². The lowest BCUT2D eigenvalue weighted by Gasteiger charge is -2.20. The van der Waals surface area contributed by atoms with Crippen LogP contribution in [0.3, 0.4) is 0 Å². The fourth-order valence-electron chi connectivity index (χ4n) is 2.26. The first-order valence-corrected chi connectivity index (χ1v) is 8.50. The van der Waals surface area contributed by atoms with E-state index in [9.17, 15) is 4.79 Å². The number of aryl methyl sites for hydroxylation is 1. The SMILES string of the molecule is COc1ccc(OC)c([C@H](C)NC(=O)[C@@H](C)Sc2nccn2C)c1. The lowest BCUT2D eigenvalue weighted by Crippen LogP contribution is -2.33. The number of carbonyl (C=O) groups excluding carboxylic acids is 1. The van der Waals surface area contributed by atoms with E-state index in [2.05, 4.69) is 10.3 Å². The van der Waals surface area contributed by atoms with Gasteiger partial charge in [-0.25, -0.2) is 4.98 Å². The van der Waals surface area contributed by atoms with Gasteiger partial charge in [0.15, 0.2) is 5.16 Å². The van der Waals surface area contributed by atoms with Gasteiger partial charge in [-0.3, -0.25) is 4.79 Å². The van der Waals surface area contributed by atoms with E-state index in [4.69, 9.17) is 9.47 Å². The van der Waals surface area contributed by atoms with Crippen LogP contribution in [0.4, 0.5) is 0 Å². The van der Waals surface area contributed by atoms with Crippen molar-refractivity contribution in [2.75, 3.05) is 14.2 Å². The molecule has 6 nitrogen and oxygen atoms in total. The van der Waals surface area contributed by atoms with Gasteiger partial charge in [-0.1, -0.05) is 11.8 Å². The highest BCUT2D eigenvalue weighted by Gasteiger charge is 2.21. The highest BCUT2D eigenvalue weighted by molar-refractivity contribution is 8.00. The topological polar surface area (TPSA) is 65.4 Å². The number of nitrogens with zero attached hydrogens (tertiary/aromatic N) is 2. The van der Waals surface area contributed by atoms with Crippen LogP contribution in [0.15, 0.2) is 35.7 Å². The molecule has 2 aromatic rings. The molecule has 130 valence electrons. The van der Waals surface area contributed by atoms with Crippen molar-refractivity contribution in [1.82, 2.24) is 14.9 Å². The maximum absolute atomic E-state index is 12.5. The molecule has 0 bridgehead atoms. The number of carbonyl (C=O) groups is 1. The highest BCUT2D eigenvalue weighted by atomic mass is 32.2. The Labute approximate surface area is 146 Å². The molecule has 0 saturated carbocycles. The third-order valence-electron chi connectivity index (χ3n) is 3.69. The van der Waals surface area contributed by atoms with Gasteiger partial charge >= 0.3 is 0 Å². The fraction of sp³-hybridized carbons (Fsp3) is 0.412. The Balaban J connectivity index is 2.06. The molecule has 0 aliphatic heterocycles. The quantitative estimate of drug-likeness (QED) is 0.779. The van der Waals surface area contributed by atoms with Crippen molar-refractivity contribution in [3.63, 3.8) is 0 Å². The second kappa shape index (κ2) is 8.10. The molecule has 0 radical (unpaired) electrons. The minimum atomic E-state index is -0.259. The number of imidazole rings is 1. The molecule has 0 unspecified atom stereocenters. The third-order valence-corrected chi connectivity index (χ3v) is 4.86. The molecule has 0 saturated heterocycles. The summed E-state index contributed by atoms with van der Waals surface area (Å²) >= 11 is 1.42. The highest BCUT2D eigenvalue weighted by Crippen LogP contribution is 2.30. The largest absolute Gasteiger partial charge is 0.497 e. The Kier molecular flexibility index (Phi) is 6.14. The van der Waals surface area contributed by atoms with Crippen LogP contribution in [-0.4, -0.2) is 34.9 Å². The fourth-order valence-corrected chi connectivity index (χ4v) is 3.10. The van der Waals surface area contributed by atoms with Crippen LogP contribution in [0.5, 0.6) is 11.5 Å². The van der Waals surface area contributed by atoms with Crippen LogP contribution >= 0.6 is 11.8 Å². The molecule has 24 heavy (non-hydrogen) atoms. The predicted octanol–water partition coefficient (Wildman–Crippen LogP) is 2.80. The molecule has 1 N–H and O–H groups in total. The molecule has 7 heteroatoms. The molecule has 1 amide bonds. The van der Waals surface area contributed by atoms with Crippen LogP contribution in [0.25, 0.3) is 0 Å². The van der Waals surface area contributed by atoms with Crippen molar-refractivity contribution in [2.45, 2.75) is 30.3 Å². The van der Waals surface area contributed by atoms with Crippen molar-refractivity contribution in [3.05, 3.63) is 36.2 Å². The summed E-state index contributed by atoms with van der Waals surface area (Å²) in [7, 11) is 5.13. The van der Waals surface area contributed by atoms with E-state index in [1.165, 1.54) is 11.8 Å². The van der Waals surface area contributed by atoms with Gasteiger partial charge in [0, 0.05) is 25.0 Å². The summed E-state index contributed by atoms with van der Waals surface area (Å²) < 4.78 is 12.5. The van der Waals surface area contributed by atoms with Crippen molar-refractivity contribution in [3.8, 4) is 11.5 Å². The van der Waals surface area contributed by atoms with Gasteiger partial charge in [-0.05, 0) is 32.0 Å². The van der Waals surface area contributed by atoms with Crippen LogP contribution in [0.2, 0.25) is 0 Å². The molecule has 0 aliphatic rings. The Morgan fingerprint density at radius 2 is 2.04 bits per heavy atom. The molecular formula is C17H23N3O3S. The number of ether oxygens (including phenoxy) is 2. The smallest absolute Gasteiger partial charge is 0.233 e. The van der Waals surface area contributed by atoms with Crippen LogP contribution in [0.1, 0.15) is 25.5 Å². The lowest BCUT2D eigenvalue weighted by atomic mass is 10.1. The third kappa shape index (κ3) is 4.23. The van der Waals surface area contributed by atoms with Gasteiger partial charge in [0.1, 0.15) is 11.5 Å². The minimum absolute atomic E-state index is 0.0552. The lowest BCUT2D eigenvalue weighted by molar-refractivity contribution is -0.120. The van der Waals surface area contributed by atoms with Crippen molar-refractivity contribution in [1.29, 1.82) is 0 Å². The van der Waals surface area contributed by atoms with Crippen LogP contribution in [-0.2, 0) is 11.8 Å². The maximum Gasteiger partial charge on any atom is 0.233 e. The molecule has 0 spiro atoms. The van der Waals surface area contributed by atoms with E-state index >= 15 is 0 Å². The number of benzene rings is 1. The summed E-state index contributed by atoms with van der Waals surface area (Å²) in [5.41, 5.74) is 0.874. The minimum Gasteiger partial charge on any atom is -0.497 e. The van der Waals surface area contributed by atoms with E-state index in [1.807, 2.05) is 49.9 Å². The summed E-state index contributed by atoms with van der Waals surface area (Å²) in [5, 5.41) is 3.57. The zero-order chi connectivity index (χ0) is 17.7. The molecule has 1 heterocycles. The maximum atomic E-state index is 12.5. The number of thioether (sulfide) groups is 1. The predicted molar refractivity (Wildman–Crippen MR) is 94.6 cm³/mol. The first-order chi connectivity index (χ1) is 11.5. The molecule has 2 atom stereocenters. The van der Waals surface area contributed by atoms with Crippen molar-refractivity contribution in [2.24, 2.45) is 7.05 Å². The van der Waals surface area contributed by atoms with E-state index < -0.39 is 0 Å². The Morgan fingerprint density at radius 1 is 1.29 bits per heavy atom. The van der Waals surface area contributed by atoms with Gasteiger partial charge in [0.2, 0.25) is 5.91 Å². The average Bonchev–Trinajstić information content (AvgIpc) is 2.98. The summed E-state index contributed by atoms with van der Waals surface area (Å²) in [4.78, 5) is 16.7. The first kappa shape index (κ1) is 18.2. The van der Waals surface area contributed by atoms with Gasteiger partial charge < -0.3 is 19.4 Å². The van der Waals surface area contributed by atoms with Crippen LogP contribution < -0.4 is 14.8 Å². The molecular weight excluding hydrogens is 326 g/mol. The second-order valence-electron chi connectivity index (χ2n) is 5.42. The molecule has 1 aromatic heterocycles. The molecule has 0 fully saturated rings. The first-order valence-electron chi connectivity index (χ1n) is 7.62. The van der Waals surface area contributed by atoms with E-state index in [0.717, 1.165) is 16.5 Å². The summed E-state index contributed by atoms with van der Waals surface area (Å²) in [6.45, 7) is 3.79. The number of rotatable bonds is 7. The Morgan fingerprint density at radius 3 is 2.62 bits per heavy atom. The Bertz CT molecular complexity index is 702. The number of aromatic nitrogens is 2. The number of hydrogen-bond donors (Lipinski definition) is 1. The van der Waals surface area contributed by atoms with E-state index in [-0.39, 0.29) is 17.2 Å². The number of nitrogens with one attached hydrogen (secondary N) is 1. The average molecular weight is 349 g/mol. The molecule has 1 aromatic carbocycles.